The van der Waals surface area contributed by atoms with Crippen molar-refractivity contribution in [3.8, 4) is 28.7 Å². The molecule has 0 bridgehead atoms. The lowest BCUT2D eigenvalue weighted by Crippen LogP contribution is -2.57. The van der Waals surface area contributed by atoms with Crippen molar-refractivity contribution >= 4 is 83.5 Å². The predicted molar refractivity (Wildman–Crippen MR) is 228 cm³/mol. The Kier molecular flexibility index (Phi) is 6.40. The Hall–Kier alpha value is -7.24. The predicted octanol–water partition coefficient (Wildman–Crippen LogP) is 11.3. The van der Waals surface area contributed by atoms with Crippen LogP contribution < -0.4 is 30.8 Å². The largest absolute Gasteiger partial charge is 0.458 e. The van der Waals surface area contributed by atoms with Crippen LogP contribution in [0.2, 0.25) is 0 Å². The Morgan fingerprint density at radius 2 is 1.09 bits per heavy atom. The van der Waals surface area contributed by atoms with E-state index in [-0.39, 0.29) is 6.71 Å². The molecule has 2 aliphatic rings. The van der Waals surface area contributed by atoms with E-state index in [4.69, 9.17) is 9.47 Å². The number of hydrogen-bond donors (Lipinski definition) is 0. The molecule has 0 fully saturated rings. The van der Waals surface area contributed by atoms with Crippen molar-refractivity contribution in [3.05, 3.63) is 188 Å². The second-order valence-electron chi connectivity index (χ2n) is 14.4. The Bertz CT molecular complexity index is 3160. The molecule has 0 radical (unpaired) electrons. The van der Waals surface area contributed by atoms with Gasteiger partial charge in [0.15, 0.2) is 5.75 Å². The lowest BCUT2D eigenvalue weighted by molar-refractivity contribution is 0.467. The van der Waals surface area contributed by atoms with E-state index in [1.807, 2.05) is 0 Å². The maximum absolute atomic E-state index is 7.10. The Labute approximate surface area is 318 Å². The molecule has 0 saturated carbocycles. The van der Waals surface area contributed by atoms with Crippen molar-refractivity contribution in [2.24, 2.45) is 0 Å². The minimum atomic E-state index is -0.0275. The maximum Gasteiger partial charge on any atom is 0.260 e. The van der Waals surface area contributed by atoms with E-state index in [1.54, 1.807) is 0 Å². The molecule has 0 spiro atoms. The minimum Gasteiger partial charge on any atom is -0.458 e. The smallest absolute Gasteiger partial charge is 0.260 e. The molecule has 12 rings (SSSR count). The summed E-state index contributed by atoms with van der Waals surface area (Å²) in [7, 11) is 0. The summed E-state index contributed by atoms with van der Waals surface area (Å²) in [4.78, 5) is 2.40. The lowest BCUT2D eigenvalue weighted by atomic mass is 9.35. The van der Waals surface area contributed by atoms with Crippen LogP contribution in [0.25, 0.3) is 49.0 Å². The summed E-state index contributed by atoms with van der Waals surface area (Å²) in [6, 6.07) is 67.1. The summed E-state index contributed by atoms with van der Waals surface area (Å²) in [6.45, 7) is -0.0275. The van der Waals surface area contributed by atoms with Crippen molar-refractivity contribution in [3.63, 3.8) is 0 Å². The molecule has 5 heteroatoms. The van der Waals surface area contributed by atoms with Crippen LogP contribution >= 0.6 is 0 Å². The van der Waals surface area contributed by atoms with Crippen molar-refractivity contribution < 1.29 is 9.47 Å². The monoisotopic (exact) mass is 702 g/mol. The Balaban J connectivity index is 1.24. The van der Waals surface area contributed by atoms with Crippen LogP contribution in [0.15, 0.2) is 188 Å². The van der Waals surface area contributed by atoms with Gasteiger partial charge in [0, 0.05) is 38.7 Å². The second-order valence-corrected chi connectivity index (χ2v) is 14.4. The van der Waals surface area contributed by atoms with Gasteiger partial charge < -0.3 is 18.9 Å². The standard InChI is InChI=1S/C50H31BN2O2/c1-3-17-34(18-4-1)52(36-28-27-32-15-7-8-16-33(32)29-36)42-31-43-47(38-22-10-9-21-37(38)42)39-30-46-48-50(49(39)53(43)35-19-5-2-6-20-35)55-45-26-14-12-24-41(45)51(48)40-23-11-13-25-44(40)54-46/h1-31H. The lowest BCUT2D eigenvalue weighted by Gasteiger charge is -2.33. The van der Waals surface area contributed by atoms with Crippen molar-refractivity contribution in [2.45, 2.75) is 0 Å². The molecular weight excluding hydrogens is 671 g/mol. The second kappa shape index (κ2) is 11.6. The molecule has 3 heterocycles. The Morgan fingerprint density at radius 3 is 1.87 bits per heavy atom. The van der Waals surface area contributed by atoms with E-state index in [1.165, 1.54) is 10.8 Å². The SMILES string of the molecule is c1ccc(N(c2ccc3ccccc3c2)c2cc3c(c4ccccc24)c2cc4c5c(c2n3-c2ccccc2)Oc2ccccc2B5c2ccccc2O4)cc1. The van der Waals surface area contributed by atoms with Crippen molar-refractivity contribution in [1.82, 2.24) is 4.57 Å². The molecule has 0 unspecified atom stereocenters. The summed E-state index contributed by atoms with van der Waals surface area (Å²) >= 11 is 0. The molecule has 0 amide bonds. The molecule has 0 aliphatic carbocycles. The summed E-state index contributed by atoms with van der Waals surface area (Å²) in [5.74, 6) is 3.43. The Morgan fingerprint density at radius 1 is 0.455 bits per heavy atom. The van der Waals surface area contributed by atoms with Gasteiger partial charge in [-0.25, -0.2) is 0 Å². The molecule has 55 heavy (non-hydrogen) atoms. The van der Waals surface area contributed by atoms with E-state index < -0.39 is 0 Å². The fourth-order valence-electron chi connectivity index (χ4n) is 9.12. The number of hydrogen-bond acceptors (Lipinski definition) is 3. The molecule has 0 N–H and O–H groups in total. The summed E-state index contributed by atoms with van der Waals surface area (Å²) in [5, 5.41) is 6.97. The molecule has 1 aromatic heterocycles. The topological polar surface area (TPSA) is 26.6 Å². The normalized spacial score (nSPS) is 12.6. The fourth-order valence-corrected chi connectivity index (χ4v) is 9.12. The molecule has 9 aromatic carbocycles. The van der Waals surface area contributed by atoms with Gasteiger partial charge in [0.25, 0.3) is 6.71 Å². The van der Waals surface area contributed by atoms with E-state index in [0.29, 0.717) is 0 Å². The summed E-state index contributed by atoms with van der Waals surface area (Å²) in [5.41, 5.74) is 9.82. The number of ether oxygens (including phenoxy) is 2. The van der Waals surface area contributed by atoms with Gasteiger partial charge in [-0.15, -0.1) is 0 Å². The molecule has 10 aromatic rings. The first-order valence-electron chi connectivity index (χ1n) is 18.8. The van der Waals surface area contributed by atoms with Gasteiger partial charge in [-0.1, -0.05) is 127 Å². The van der Waals surface area contributed by atoms with Gasteiger partial charge in [-0.2, -0.15) is 0 Å². The average molecular weight is 703 g/mol. The number of anilines is 3. The van der Waals surface area contributed by atoms with Crippen molar-refractivity contribution in [1.29, 1.82) is 0 Å². The quantitative estimate of drug-likeness (QED) is 0.171. The summed E-state index contributed by atoms with van der Waals surface area (Å²) < 4.78 is 16.3. The van der Waals surface area contributed by atoms with E-state index in [0.717, 1.165) is 94.7 Å². The zero-order valence-corrected chi connectivity index (χ0v) is 29.7. The highest BCUT2D eigenvalue weighted by Gasteiger charge is 2.42. The van der Waals surface area contributed by atoms with Gasteiger partial charge in [0.2, 0.25) is 0 Å². The minimum absolute atomic E-state index is 0.0275. The number of aromatic nitrogens is 1. The van der Waals surface area contributed by atoms with Crippen molar-refractivity contribution in [2.75, 3.05) is 4.90 Å². The number of benzene rings is 9. The highest BCUT2D eigenvalue weighted by molar-refractivity contribution is 6.98. The van der Waals surface area contributed by atoms with E-state index >= 15 is 0 Å². The maximum atomic E-state index is 7.10. The first-order chi connectivity index (χ1) is 27.3. The highest BCUT2D eigenvalue weighted by Crippen LogP contribution is 2.49. The van der Waals surface area contributed by atoms with E-state index in [2.05, 4.69) is 198 Å². The van der Waals surface area contributed by atoms with Gasteiger partial charge in [-0.05, 0) is 87.7 Å². The third-order valence-electron chi connectivity index (χ3n) is 11.4. The number of fused-ring (bicyclic) bond motifs is 11. The van der Waals surface area contributed by atoms with Gasteiger partial charge in [0.05, 0.1) is 16.7 Å². The van der Waals surface area contributed by atoms with Crippen LogP contribution in [0, 0.1) is 0 Å². The number of rotatable bonds is 4. The van der Waals surface area contributed by atoms with Crippen LogP contribution in [-0.4, -0.2) is 11.3 Å². The average Bonchev–Trinajstić information content (AvgIpc) is 3.58. The van der Waals surface area contributed by atoms with Crippen LogP contribution in [0.3, 0.4) is 0 Å². The molecule has 4 nitrogen and oxygen atoms in total. The first-order valence-corrected chi connectivity index (χ1v) is 18.8. The molecule has 256 valence electrons. The third-order valence-corrected chi connectivity index (χ3v) is 11.4. The van der Waals surface area contributed by atoms with Gasteiger partial charge in [-0.3, -0.25) is 0 Å². The highest BCUT2D eigenvalue weighted by atomic mass is 16.5. The fraction of sp³-hybridized carbons (Fsp3) is 0. The van der Waals surface area contributed by atoms with Crippen LogP contribution in [0.4, 0.5) is 17.1 Å². The molecule has 2 aliphatic heterocycles. The summed E-state index contributed by atoms with van der Waals surface area (Å²) in [6.07, 6.45) is 0. The van der Waals surface area contributed by atoms with Crippen LogP contribution in [0.1, 0.15) is 0 Å². The zero-order valence-electron chi connectivity index (χ0n) is 29.7. The first kappa shape index (κ1) is 30.2. The molecule has 0 saturated heterocycles. The van der Waals surface area contributed by atoms with Crippen LogP contribution in [0.5, 0.6) is 23.0 Å². The number of nitrogens with zero attached hydrogens (tertiary/aromatic N) is 2. The zero-order chi connectivity index (χ0) is 36.0. The van der Waals surface area contributed by atoms with E-state index in [9.17, 15) is 0 Å². The van der Waals surface area contributed by atoms with Gasteiger partial charge in [0.1, 0.15) is 17.2 Å². The molecular formula is C50H31BN2O2. The van der Waals surface area contributed by atoms with Gasteiger partial charge >= 0.3 is 0 Å². The molecule has 0 atom stereocenters. The van der Waals surface area contributed by atoms with Crippen LogP contribution in [-0.2, 0) is 0 Å². The number of para-hydroxylation sites is 4. The third kappa shape index (κ3) is 4.41.